The van der Waals surface area contributed by atoms with E-state index < -0.39 is 0 Å². The van der Waals surface area contributed by atoms with Crippen molar-refractivity contribution >= 4 is 17.5 Å². The first-order valence-corrected chi connectivity index (χ1v) is 6.35. The third-order valence-corrected chi connectivity index (χ3v) is 2.85. The summed E-state index contributed by atoms with van der Waals surface area (Å²) in [7, 11) is 0. The van der Waals surface area contributed by atoms with Gasteiger partial charge in [-0.15, -0.1) is 0 Å². The molecule has 0 heterocycles. The van der Waals surface area contributed by atoms with Crippen molar-refractivity contribution in [3.8, 4) is 0 Å². The molecule has 2 N–H and O–H groups in total. The lowest BCUT2D eigenvalue weighted by Crippen LogP contribution is -2.28. The smallest absolute Gasteiger partial charge is 0.319 e. The number of amides is 2. The van der Waals surface area contributed by atoms with Crippen molar-refractivity contribution in [1.29, 1.82) is 0 Å². The Morgan fingerprint density at radius 1 is 0.952 bits per heavy atom. The molecule has 0 radical (unpaired) electrons. The van der Waals surface area contributed by atoms with Gasteiger partial charge in [0.15, 0.2) is 5.78 Å². The van der Waals surface area contributed by atoms with E-state index >= 15 is 0 Å². The van der Waals surface area contributed by atoms with Crippen LogP contribution in [-0.4, -0.2) is 11.8 Å². The Bertz CT molecular complexity index is 592. The molecule has 110 valence electrons. The Labute approximate surface area is 125 Å². The van der Waals surface area contributed by atoms with Crippen LogP contribution in [0.1, 0.15) is 30.3 Å². The fourth-order valence-corrected chi connectivity index (χ4v) is 1.74. The highest BCUT2D eigenvalue weighted by atomic mass is 16.2. The average molecular weight is 284 g/mol. The SMILES string of the molecule is C.CC(=O)c1ccc(NC(=O)NCc2ccccc2)cc1. The highest BCUT2D eigenvalue weighted by Gasteiger charge is 2.03. The molecule has 4 heteroatoms. The van der Waals surface area contributed by atoms with E-state index in [1.54, 1.807) is 24.3 Å². The summed E-state index contributed by atoms with van der Waals surface area (Å²) >= 11 is 0. The van der Waals surface area contributed by atoms with E-state index in [1.807, 2.05) is 30.3 Å². The lowest BCUT2D eigenvalue weighted by Gasteiger charge is -2.08. The predicted molar refractivity (Wildman–Crippen MR) is 85.5 cm³/mol. The van der Waals surface area contributed by atoms with Crippen molar-refractivity contribution in [3.05, 3.63) is 65.7 Å². The van der Waals surface area contributed by atoms with Crippen LogP contribution in [-0.2, 0) is 6.54 Å². The van der Waals surface area contributed by atoms with Crippen molar-refractivity contribution < 1.29 is 9.59 Å². The molecule has 0 aliphatic carbocycles. The Kier molecular flexibility index (Phi) is 6.14. The molecule has 2 aromatic rings. The number of rotatable bonds is 4. The number of anilines is 1. The minimum absolute atomic E-state index is 0. The molecule has 2 amide bonds. The molecule has 0 aliphatic rings. The van der Waals surface area contributed by atoms with Gasteiger partial charge in [-0.3, -0.25) is 4.79 Å². The number of carbonyl (C=O) groups excluding carboxylic acids is 2. The van der Waals surface area contributed by atoms with Crippen LogP contribution in [0.5, 0.6) is 0 Å². The van der Waals surface area contributed by atoms with Crippen LogP contribution < -0.4 is 10.6 Å². The molecular formula is C17H20N2O2. The summed E-state index contributed by atoms with van der Waals surface area (Å²) in [4.78, 5) is 22.9. The van der Waals surface area contributed by atoms with Crippen molar-refractivity contribution in [2.75, 3.05) is 5.32 Å². The van der Waals surface area contributed by atoms with Gasteiger partial charge >= 0.3 is 6.03 Å². The van der Waals surface area contributed by atoms with E-state index in [2.05, 4.69) is 10.6 Å². The lowest BCUT2D eigenvalue weighted by atomic mass is 10.1. The zero-order valence-electron chi connectivity index (χ0n) is 11.2. The Morgan fingerprint density at radius 3 is 2.14 bits per heavy atom. The van der Waals surface area contributed by atoms with Crippen molar-refractivity contribution in [2.24, 2.45) is 0 Å². The van der Waals surface area contributed by atoms with Gasteiger partial charge in [0.05, 0.1) is 0 Å². The van der Waals surface area contributed by atoms with E-state index in [-0.39, 0.29) is 19.2 Å². The maximum atomic E-state index is 11.7. The van der Waals surface area contributed by atoms with Crippen molar-refractivity contribution in [3.63, 3.8) is 0 Å². The summed E-state index contributed by atoms with van der Waals surface area (Å²) in [5, 5.41) is 5.48. The monoisotopic (exact) mass is 284 g/mol. The largest absolute Gasteiger partial charge is 0.334 e. The Morgan fingerprint density at radius 2 is 1.57 bits per heavy atom. The molecule has 2 rings (SSSR count). The summed E-state index contributed by atoms with van der Waals surface area (Å²) in [5.74, 6) is 0.00470. The number of benzene rings is 2. The van der Waals surface area contributed by atoms with Gasteiger partial charge in [-0.1, -0.05) is 37.8 Å². The first-order valence-electron chi connectivity index (χ1n) is 6.35. The van der Waals surface area contributed by atoms with E-state index in [1.165, 1.54) is 6.92 Å². The minimum atomic E-state index is -0.274. The molecule has 0 saturated heterocycles. The van der Waals surface area contributed by atoms with Crippen molar-refractivity contribution in [2.45, 2.75) is 20.9 Å². The van der Waals surface area contributed by atoms with E-state index in [0.29, 0.717) is 17.8 Å². The topological polar surface area (TPSA) is 58.2 Å². The number of nitrogens with one attached hydrogen (secondary N) is 2. The van der Waals surface area contributed by atoms with E-state index in [9.17, 15) is 9.59 Å². The number of hydrogen-bond acceptors (Lipinski definition) is 2. The zero-order valence-corrected chi connectivity index (χ0v) is 11.2. The van der Waals surface area contributed by atoms with Gasteiger partial charge in [-0.2, -0.15) is 0 Å². The Balaban J connectivity index is 0.00000220. The Hall–Kier alpha value is -2.62. The summed E-state index contributed by atoms with van der Waals surface area (Å²) in [6.45, 7) is 1.98. The number of urea groups is 1. The molecule has 0 atom stereocenters. The molecule has 0 spiro atoms. The standard InChI is InChI=1S/C16H16N2O2.CH4/c1-12(19)14-7-9-15(10-8-14)18-16(20)17-11-13-5-3-2-4-6-13;/h2-10H,11H2,1H3,(H2,17,18,20);1H4. The molecular weight excluding hydrogens is 264 g/mol. The fourth-order valence-electron chi connectivity index (χ4n) is 1.74. The van der Waals surface area contributed by atoms with Crippen LogP contribution in [0, 0.1) is 0 Å². The third-order valence-electron chi connectivity index (χ3n) is 2.85. The molecule has 0 aliphatic heterocycles. The van der Waals surface area contributed by atoms with Crippen LogP contribution in [0.2, 0.25) is 0 Å². The maximum Gasteiger partial charge on any atom is 0.319 e. The van der Waals surface area contributed by atoms with Crippen molar-refractivity contribution in [1.82, 2.24) is 5.32 Å². The van der Waals surface area contributed by atoms with Gasteiger partial charge in [0.25, 0.3) is 0 Å². The molecule has 4 nitrogen and oxygen atoms in total. The first kappa shape index (κ1) is 16.4. The molecule has 0 aromatic heterocycles. The second kappa shape index (κ2) is 7.85. The van der Waals surface area contributed by atoms with Gasteiger partial charge < -0.3 is 10.6 Å². The second-order valence-electron chi connectivity index (χ2n) is 4.43. The van der Waals surface area contributed by atoms with Crippen LogP contribution >= 0.6 is 0 Å². The molecule has 0 saturated carbocycles. The van der Waals surface area contributed by atoms with Crippen LogP contribution in [0.3, 0.4) is 0 Å². The molecule has 2 aromatic carbocycles. The minimum Gasteiger partial charge on any atom is -0.334 e. The number of ketones is 1. The van der Waals surface area contributed by atoms with E-state index in [4.69, 9.17) is 0 Å². The van der Waals surface area contributed by atoms with Crippen LogP contribution in [0.15, 0.2) is 54.6 Å². The molecule has 21 heavy (non-hydrogen) atoms. The normalized spacial score (nSPS) is 9.38. The van der Waals surface area contributed by atoms with Crippen LogP contribution in [0.25, 0.3) is 0 Å². The number of carbonyl (C=O) groups is 2. The van der Waals surface area contributed by atoms with Gasteiger partial charge in [0.1, 0.15) is 0 Å². The fraction of sp³-hybridized carbons (Fsp3) is 0.176. The zero-order chi connectivity index (χ0) is 14.4. The summed E-state index contributed by atoms with van der Waals surface area (Å²) < 4.78 is 0. The molecule has 0 unspecified atom stereocenters. The molecule has 0 bridgehead atoms. The lowest BCUT2D eigenvalue weighted by molar-refractivity contribution is 0.101. The highest BCUT2D eigenvalue weighted by molar-refractivity contribution is 5.95. The number of Topliss-reactive ketones (excluding diaryl/α,β-unsaturated/α-hetero) is 1. The summed E-state index contributed by atoms with van der Waals surface area (Å²) in [5.41, 5.74) is 2.32. The third kappa shape index (κ3) is 5.10. The van der Waals surface area contributed by atoms with Gasteiger partial charge in [-0.05, 0) is 36.8 Å². The molecule has 0 fully saturated rings. The average Bonchev–Trinajstić information content (AvgIpc) is 2.47. The quantitative estimate of drug-likeness (QED) is 0.838. The van der Waals surface area contributed by atoms with Crippen LogP contribution in [0.4, 0.5) is 10.5 Å². The highest BCUT2D eigenvalue weighted by Crippen LogP contribution is 2.09. The number of hydrogen-bond donors (Lipinski definition) is 2. The first-order chi connectivity index (χ1) is 9.65. The predicted octanol–water partition coefficient (Wildman–Crippen LogP) is 3.85. The summed E-state index contributed by atoms with van der Waals surface area (Å²) in [6, 6.07) is 16.2. The van der Waals surface area contributed by atoms with Gasteiger partial charge in [0.2, 0.25) is 0 Å². The van der Waals surface area contributed by atoms with Gasteiger partial charge in [0, 0.05) is 17.8 Å². The van der Waals surface area contributed by atoms with E-state index in [0.717, 1.165) is 5.56 Å². The maximum absolute atomic E-state index is 11.7. The summed E-state index contributed by atoms with van der Waals surface area (Å²) in [6.07, 6.45) is 0. The van der Waals surface area contributed by atoms with Gasteiger partial charge in [-0.25, -0.2) is 4.79 Å². The second-order valence-corrected chi connectivity index (χ2v) is 4.43.